The molecule has 1 aliphatic carbocycles. The molecule has 100 valence electrons. The highest BCUT2D eigenvalue weighted by atomic mass is 32.2. The lowest BCUT2D eigenvalue weighted by atomic mass is 10.0. The molecule has 2 rings (SSSR count). The molecular weight excluding hydrogens is 228 g/mol. The van der Waals surface area contributed by atoms with Gasteiger partial charge in [-0.05, 0) is 49.7 Å². The minimum atomic E-state index is 0.740. The Kier molecular flexibility index (Phi) is 5.64. The highest BCUT2D eigenvalue weighted by molar-refractivity contribution is 7.99. The molecule has 0 aromatic rings. The zero-order valence-corrected chi connectivity index (χ0v) is 12.3. The molecule has 3 heteroatoms. The molecule has 0 amide bonds. The summed E-state index contributed by atoms with van der Waals surface area (Å²) in [7, 11) is 0. The highest BCUT2D eigenvalue weighted by Gasteiger charge is 2.37. The molecular formula is C14H28N2S. The van der Waals surface area contributed by atoms with E-state index in [4.69, 9.17) is 0 Å². The van der Waals surface area contributed by atoms with E-state index in [1.54, 1.807) is 0 Å². The maximum Gasteiger partial charge on any atom is 0.0249 e. The Balaban J connectivity index is 1.76. The first-order chi connectivity index (χ1) is 8.35. The molecule has 1 heterocycles. The van der Waals surface area contributed by atoms with Gasteiger partial charge >= 0.3 is 0 Å². The van der Waals surface area contributed by atoms with Crippen LogP contribution in [0.15, 0.2) is 0 Å². The van der Waals surface area contributed by atoms with E-state index in [9.17, 15) is 0 Å². The van der Waals surface area contributed by atoms with Crippen LogP contribution in [-0.4, -0.2) is 48.1 Å². The molecule has 1 aliphatic heterocycles. The molecule has 2 aliphatic rings. The maximum absolute atomic E-state index is 3.72. The van der Waals surface area contributed by atoms with Crippen molar-refractivity contribution in [2.75, 3.05) is 31.1 Å². The van der Waals surface area contributed by atoms with Crippen LogP contribution in [0.25, 0.3) is 0 Å². The van der Waals surface area contributed by atoms with Crippen LogP contribution in [0.5, 0.6) is 0 Å². The third-order valence-corrected chi connectivity index (χ3v) is 5.12. The predicted octanol–water partition coefficient (Wildman–Crippen LogP) is 2.59. The smallest absolute Gasteiger partial charge is 0.0249 e. The number of thioether (sulfide) groups is 1. The minimum absolute atomic E-state index is 0.740. The first kappa shape index (κ1) is 13.7. The molecule has 1 saturated carbocycles. The lowest BCUT2D eigenvalue weighted by Crippen LogP contribution is -2.57. The van der Waals surface area contributed by atoms with E-state index in [0.29, 0.717) is 0 Å². The quantitative estimate of drug-likeness (QED) is 0.705. The second kappa shape index (κ2) is 7.01. The molecule has 2 fully saturated rings. The van der Waals surface area contributed by atoms with Gasteiger partial charge in [-0.25, -0.2) is 0 Å². The second-order valence-corrected chi connectivity index (χ2v) is 6.86. The molecule has 0 radical (unpaired) electrons. The van der Waals surface area contributed by atoms with E-state index in [1.807, 2.05) is 0 Å². The standard InChI is InChI=1S/C14H28N2S/c1-3-13-11-16(8-5-9-17-4-2)14(10-15-13)12-6-7-12/h12-15H,3-11H2,1-2H3. The summed E-state index contributed by atoms with van der Waals surface area (Å²) in [6.07, 6.45) is 5.60. The number of nitrogens with zero attached hydrogens (tertiary/aromatic N) is 1. The van der Waals surface area contributed by atoms with Crippen molar-refractivity contribution in [2.24, 2.45) is 5.92 Å². The monoisotopic (exact) mass is 256 g/mol. The van der Waals surface area contributed by atoms with E-state index in [1.165, 1.54) is 56.8 Å². The lowest BCUT2D eigenvalue weighted by Gasteiger charge is -2.40. The number of hydrogen-bond acceptors (Lipinski definition) is 3. The Bertz CT molecular complexity index is 218. The molecule has 0 aromatic carbocycles. The van der Waals surface area contributed by atoms with Gasteiger partial charge in [0.05, 0.1) is 0 Å². The Morgan fingerprint density at radius 2 is 2.12 bits per heavy atom. The van der Waals surface area contributed by atoms with Gasteiger partial charge in [-0.3, -0.25) is 4.90 Å². The fraction of sp³-hybridized carbons (Fsp3) is 1.00. The van der Waals surface area contributed by atoms with Gasteiger partial charge < -0.3 is 5.32 Å². The largest absolute Gasteiger partial charge is 0.311 e. The van der Waals surface area contributed by atoms with Crippen LogP contribution < -0.4 is 5.32 Å². The maximum atomic E-state index is 3.72. The molecule has 2 nitrogen and oxygen atoms in total. The third-order valence-electron chi connectivity index (χ3n) is 4.14. The number of piperazine rings is 1. The summed E-state index contributed by atoms with van der Waals surface area (Å²) in [5.41, 5.74) is 0. The molecule has 0 spiro atoms. The summed E-state index contributed by atoms with van der Waals surface area (Å²) in [5, 5.41) is 3.72. The van der Waals surface area contributed by atoms with Crippen molar-refractivity contribution in [3.8, 4) is 0 Å². The van der Waals surface area contributed by atoms with Gasteiger partial charge in [0.15, 0.2) is 0 Å². The van der Waals surface area contributed by atoms with Crippen LogP contribution in [0.1, 0.15) is 39.5 Å². The van der Waals surface area contributed by atoms with Gasteiger partial charge in [0.1, 0.15) is 0 Å². The molecule has 1 saturated heterocycles. The Morgan fingerprint density at radius 1 is 1.29 bits per heavy atom. The zero-order valence-electron chi connectivity index (χ0n) is 11.5. The van der Waals surface area contributed by atoms with Crippen molar-refractivity contribution < 1.29 is 0 Å². The average Bonchev–Trinajstić information content (AvgIpc) is 3.18. The van der Waals surface area contributed by atoms with E-state index in [2.05, 4.69) is 35.8 Å². The van der Waals surface area contributed by atoms with Crippen molar-refractivity contribution >= 4 is 11.8 Å². The molecule has 1 N–H and O–H groups in total. The van der Waals surface area contributed by atoms with Crippen LogP contribution in [0, 0.1) is 5.92 Å². The van der Waals surface area contributed by atoms with Crippen molar-refractivity contribution in [2.45, 2.75) is 51.6 Å². The van der Waals surface area contributed by atoms with Crippen LogP contribution in [0.2, 0.25) is 0 Å². The van der Waals surface area contributed by atoms with Crippen molar-refractivity contribution in [3.63, 3.8) is 0 Å². The molecule has 0 bridgehead atoms. The first-order valence-corrected chi connectivity index (χ1v) is 8.55. The second-order valence-electron chi connectivity index (χ2n) is 5.46. The molecule has 17 heavy (non-hydrogen) atoms. The normalized spacial score (nSPS) is 30.7. The van der Waals surface area contributed by atoms with Crippen molar-refractivity contribution in [3.05, 3.63) is 0 Å². The van der Waals surface area contributed by atoms with E-state index >= 15 is 0 Å². The Morgan fingerprint density at radius 3 is 2.76 bits per heavy atom. The van der Waals surface area contributed by atoms with Crippen molar-refractivity contribution in [1.82, 2.24) is 10.2 Å². The van der Waals surface area contributed by atoms with Crippen LogP contribution in [0.4, 0.5) is 0 Å². The minimum Gasteiger partial charge on any atom is -0.311 e. The predicted molar refractivity (Wildman–Crippen MR) is 77.8 cm³/mol. The topological polar surface area (TPSA) is 15.3 Å². The lowest BCUT2D eigenvalue weighted by molar-refractivity contribution is 0.114. The molecule has 2 atom stereocenters. The molecule has 0 aromatic heterocycles. The van der Waals surface area contributed by atoms with Gasteiger partial charge in [0, 0.05) is 25.2 Å². The molecule has 2 unspecified atom stereocenters. The zero-order chi connectivity index (χ0) is 12.1. The van der Waals surface area contributed by atoms with Crippen LogP contribution in [0.3, 0.4) is 0 Å². The van der Waals surface area contributed by atoms with E-state index in [0.717, 1.165) is 18.0 Å². The highest BCUT2D eigenvalue weighted by Crippen LogP contribution is 2.36. The summed E-state index contributed by atoms with van der Waals surface area (Å²) in [5.74, 6) is 3.62. The van der Waals surface area contributed by atoms with Crippen molar-refractivity contribution in [1.29, 1.82) is 0 Å². The SMILES string of the molecule is CCSCCCN1CC(CC)NCC1C1CC1. The Labute approximate surface area is 111 Å². The number of hydrogen-bond donors (Lipinski definition) is 1. The average molecular weight is 256 g/mol. The number of rotatable bonds is 7. The fourth-order valence-corrected chi connectivity index (χ4v) is 3.51. The Hall–Kier alpha value is 0.270. The third kappa shape index (κ3) is 4.15. The fourth-order valence-electron chi connectivity index (χ4n) is 2.89. The summed E-state index contributed by atoms with van der Waals surface area (Å²) < 4.78 is 0. The van der Waals surface area contributed by atoms with Gasteiger partial charge in [-0.1, -0.05) is 13.8 Å². The van der Waals surface area contributed by atoms with Gasteiger partial charge in [-0.2, -0.15) is 11.8 Å². The van der Waals surface area contributed by atoms with Gasteiger partial charge in [-0.15, -0.1) is 0 Å². The van der Waals surface area contributed by atoms with E-state index < -0.39 is 0 Å². The van der Waals surface area contributed by atoms with Gasteiger partial charge in [0.2, 0.25) is 0 Å². The summed E-state index contributed by atoms with van der Waals surface area (Å²) in [6.45, 7) is 8.42. The first-order valence-electron chi connectivity index (χ1n) is 7.40. The summed E-state index contributed by atoms with van der Waals surface area (Å²) in [6, 6.07) is 1.59. The summed E-state index contributed by atoms with van der Waals surface area (Å²) in [4.78, 5) is 2.79. The van der Waals surface area contributed by atoms with Crippen LogP contribution >= 0.6 is 11.8 Å². The number of nitrogens with one attached hydrogen (secondary N) is 1. The summed E-state index contributed by atoms with van der Waals surface area (Å²) >= 11 is 2.09. The van der Waals surface area contributed by atoms with Gasteiger partial charge in [0.25, 0.3) is 0 Å². The van der Waals surface area contributed by atoms with E-state index in [-0.39, 0.29) is 0 Å². The van der Waals surface area contributed by atoms with Crippen LogP contribution in [-0.2, 0) is 0 Å².